The zero-order valence-electron chi connectivity index (χ0n) is 11.8. The molecule has 1 aliphatic rings. The minimum atomic E-state index is -0.531. The van der Waals surface area contributed by atoms with Crippen LogP contribution in [0.4, 0.5) is 0 Å². The first-order valence-corrected chi connectivity index (χ1v) is 7.20. The van der Waals surface area contributed by atoms with E-state index in [2.05, 4.69) is 5.32 Å². The molecular formula is C15H20ClNO3. The van der Waals surface area contributed by atoms with Crippen molar-refractivity contribution in [3.63, 3.8) is 0 Å². The van der Waals surface area contributed by atoms with Crippen molar-refractivity contribution in [2.24, 2.45) is 5.92 Å². The van der Waals surface area contributed by atoms with Gasteiger partial charge in [0.25, 0.3) is 0 Å². The van der Waals surface area contributed by atoms with E-state index in [1.807, 2.05) is 13.8 Å². The third-order valence-electron chi connectivity index (χ3n) is 3.80. The van der Waals surface area contributed by atoms with E-state index in [1.54, 1.807) is 0 Å². The number of aromatic hydroxyl groups is 1. The highest BCUT2D eigenvalue weighted by Gasteiger charge is 2.34. The van der Waals surface area contributed by atoms with E-state index in [1.165, 1.54) is 18.2 Å². The molecule has 0 amide bonds. The summed E-state index contributed by atoms with van der Waals surface area (Å²) in [6, 6.07) is 4.26. The van der Waals surface area contributed by atoms with Crippen LogP contribution in [0.2, 0.25) is 5.02 Å². The number of phenols is 1. The molecule has 4 nitrogen and oxygen atoms in total. The van der Waals surface area contributed by atoms with E-state index in [-0.39, 0.29) is 11.3 Å². The monoisotopic (exact) mass is 297 g/mol. The number of hydrogen-bond acceptors (Lipinski definition) is 4. The molecule has 0 saturated carbocycles. The molecule has 110 valence electrons. The van der Waals surface area contributed by atoms with Crippen LogP contribution in [-0.4, -0.2) is 29.8 Å². The maximum absolute atomic E-state index is 12.2. The van der Waals surface area contributed by atoms with E-state index in [9.17, 15) is 9.90 Å². The molecule has 0 atom stereocenters. The summed E-state index contributed by atoms with van der Waals surface area (Å²) >= 11 is 5.84. The zero-order valence-corrected chi connectivity index (χ0v) is 12.5. The van der Waals surface area contributed by atoms with Gasteiger partial charge >= 0.3 is 5.97 Å². The first-order chi connectivity index (χ1) is 9.38. The number of carbonyl (C=O) groups excluding carboxylic acids is 1. The van der Waals surface area contributed by atoms with Crippen LogP contribution < -0.4 is 5.32 Å². The van der Waals surface area contributed by atoms with Crippen LogP contribution in [0, 0.1) is 5.92 Å². The lowest BCUT2D eigenvalue weighted by molar-refractivity contribution is -0.0368. The van der Waals surface area contributed by atoms with Crippen molar-refractivity contribution in [3.05, 3.63) is 28.8 Å². The number of halogens is 1. The number of ether oxygens (including phenoxy) is 1. The molecule has 1 aliphatic heterocycles. The van der Waals surface area contributed by atoms with Gasteiger partial charge in [0.2, 0.25) is 0 Å². The summed E-state index contributed by atoms with van der Waals surface area (Å²) in [6.45, 7) is 5.77. The van der Waals surface area contributed by atoms with Crippen molar-refractivity contribution in [1.29, 1.82) is 0 Å². The Hall–Kier alpha value is -1.26. The third kappa shape index (κ3) is 3.64. The summed E-state index contributed by atoms with van der Waals surface area (Å²) < 4.78 is 5.64. The van der Waals surface area contributed by atoms with Gasteiger partial charge in [-0.25, -0.2) is 4.79 Å². The second-order valence-corrected chi connectivity index (χ2v) is 6.15. The van der Waals surface area contributed by atoms with Gasteiger partial charge in [-0.1, -0.05) is 11.6 Å². The Balaban J connectivity index is 2.09. The van der Waals surface area contributed by atoms with Crippen LogP contribution in [0.25, 0.3) is 0 Å². The van der Waals surface area contributed by atoms with Crippen LogP contribution in [0.1, 0.15) is 37.0 Å². The molecule has 0 radical (unpaired) electrons. The molecule has 5 heteroatoms. The average molecular weight is 298 g/mol. The maximum Gasteiger partial charge on any atom is 0.338 e. The lowest BCUT2D eigenvalue weighted by atomic mass is 9.83. The Kier molecular flexibility index (Phi) is 4.55. The van der Waals surface area contributed by atoms with Crippen LogP contribution in [-0.2, 0) is 4.74 Å². The van der Waals surface area contributed by atoms with Gasteiger partial charge in [0.05, 0.1) is 5.56 Å². The topological polar surface area (TPSA) is 58.6 Å². The molecular weight excluding hydrogens is 278 g/mol. The number of hydrogen-bond donors (Lipinski definition) is 2. The maximum atomic E-state index is 12.2. The highest BCUT2D eigenvalue weighted by atomic mass is 35.5. The lowest BCUT2D eigenvalue weighted by Gasteiger charge is -2.36. The van der Waals surface area contributed by atoms with Gasteiger partial charge in [-0.05, 0) is 58.0 Å². The molecule has 1 fully saturated rings. The Morgan fingerprint density at radius 2 is 2.00 bits per heavy atom. The molecule has 1 heterocycles. The van der Waals surface area contributed by atoms with Crippen molar-refractivity contribution in [3.8, 4) is 5.75 Å². The summed E-state index contributed by atoms with van der Waals surface area (Å²) in [7, 11) is 0. The normalized spacial score (nSPS) is 16.9. The van der Waals surface area contributed by atoms with Crippen LogP contribution in [0.5, 0.6) is 5.75 Å². The SMILES string of the molecule is CC(C)(OC(=O)c1cc(O)cc(Cl)c1)C1CCNCC1. The van der Waals surface area contributed by atoms with E-state index in [4.69, 9.17) is 16.3 Å². The van der Waals surface area contributed by atoms with Gasteiger partial charge in [0.1, 0.15) is 11.4 Å². The van der Waals surface area contributed by atoms with Crippen molar-refractivity contribution >= 4 is 17.6 Å². The highest BCUT2D eigenvalue weighted by Crippen LogP contribution is 2.30. The van der Waals surface area contributed by atoms with Crippen molar-refractivity contribution in [1.82, 2.24) is 5.32 Å². The van der Waals surface area contributed by atoms with Gasteiger partial charge in [-0.2, -0.15) is 0 Å². The van der Waals surface area contributed by atoms with Gasteiger partial charge in [0.15, 0.2) is 0 Å². The van der Waals surface area contributed by atoms with Crippen molar-refractivity contribution < 1.29 is 14.6 Å². The second kappa shape index (κ2) is 6.02. The van der Waals surface area contributed by atoms with E-state index in [0.717, 1.165) is 25.9 Å². The molecule has 1 saturated heterocycles. The van der Waals surface area contributed by atoms with E-state index in [0.29, 0.717) is 10.9 Å². The Morgan fingerprint density at radius 3 is 2.60 bits per heavy atom. The molecule has 1 aromatic carbocycles. The fourth-order valence-electron chi connectivity index (χ4n) is 2.59. The highest BCUT2D eigenvalue weighted by molar-refractivity contribution is 6.31. The average Bonchev–Trinajstić information content (AvgIpc) is 2.38. The fourth-order valence-corrected chi connectivity index (χ4v) is 2.82. The van der Waals surface area contributed by atoms with E-state index >= 15 is 0 Å². The summed E-state index contributed by atoms with van der Waals surface area (Å²) in [5.74, 6) is -0.157. The lowest BCUT2D eigenvalue weighted by Crippen LogP contribution is -2.42. The number of piperidine rings is 1. The van der Waals surface area contributed by atoms with Crippen LogP contribution >= 0.6 is 11.6 Å². The molecule has 0 aromatic heterocycles. The molecule has 2 N–H and O–H groups in total. The largest absolute Gasteiger partial charge is 0.508 e. The number of phenolic OH excluding ortho intramolecular Hbond substituents is 1. The predicted octanol–water partition coefficient (Wildman–Crippen LogP) is 2.98. The molecule has 0 bridgehead atoms. The second-order valence-electron chi connectivity index (χ2n) is 5.72. The predicted molar refractivity (Wildman–Crippen MR) is 78.2 cm³/mol. The van der Waals surface area contributed by atoms with Crippen molar-refractivity contribution in [2.45, 2.75) is 32.3 Å². The molecule has 0 unspecified atom stereocenters. The first-order valence-electron chi connectivity index (χ1n) is 6.82. The third-order valence-corrected chi connectivity index (χ3v) is 4.01. The number of rotatable bonds is 3. The number of esters is 1. The van der Waals surface area contributed by atoms with Gasteiger partial charge < -0.3 is 15.2 Å². The molecule has 20 heavy (non-hydrogen) atoms. The van der Waals surface area contributed by atoms with Crippen LogP contribution in [0.15, 0.2) is 18.2 Å². The quantitative estimate of drug-likeness (QED) is 0.842. The first kappa shape index (κ1) is 15.1. The van der Waals surface area contributed by atoms with Crippen molar-refractivity contribution in [2.75, 3.05) is 13.1 Å². The standard InChI is InChI=1S/C15H20ClNO3/c1-15(2,11-3-5-17-6-4-11)20-14(19)10-7-12(16)9-13(18)8-10/h7-9,11,17-18H,3-6H2,1-2H3. The Bertz CT molecular complexity index is 476. The molecule has 0 spiro atoms. The fraction of sp³-hybridized carbons (Fsp3) is 0.533. The summed E-state index contributed by atoms with van der Waals surface area (Å²) in [5.41, 5.74) is -0.256. The molecule has 2 rings (SSSR count). The summed E-state index contributed by atoms with van der Waals surface area (Å²) in [4.78, 5) is 12.2. The summed E-state index contributed by atoms with van der Waals surface area (Å²) in [6.07, 6.45) is 1.97. The van der Waals surface area contributed by atoms with Gasteiger partial charge in [-0.15, -0.1) is 0 Å². The van der Waals surface area contributed by atoms with Gasteiger partial charge in [-0.3, -0.25) is 0 Å². The zero-order chi connectivity index (χ0) is 14.8. The van der Waals surface area contributed by atoms with Crippen LogP contribution in [0.3, 0.4) is 0 Å². The Morgan fingerprint density at radius 1 is 1.35 bits per heavy atom. The molecule has 1 aromatic rings. The minimum Gasteiger partial charge on any atom is -0.508 e. The summed E-state index contributed by atoms with van der Waals surface area (Å²) in [5, 5.41) is 13.1. The number of nitrogens with one attached hydrogen (secondary N) is 1. The van der Waals surface area contributed by atoms with E-state index < -0.39 is 11.6 Å². The number of benzene rings is 1. The van der Waals surface area contributed by atoms with Gasteiger partial charge in [0, 0.05) is 10.9 Å². The number of carbonyl (C=O) groups is 1. The minimum absolute atomic E-state index is 0.0378. The smallest absolute Gasteiger partial charge is 0.338 e. The Labute approximate surface area is 124 Å². The molecule has 0 aliphatic carbocycles.